The number of fused-ring (bicyclic) bond motifs is 1. The zero-order chi connectivity index (χ0) is 19.3. The fourth-order valence-corrected chi connectivity index (χ4v) is 4.53. The maximum absolute atomic E-state index is 12.7. The maximum atomic E-state index is 12.7. The molecule has 1 saturated heterocycles. The SMILES string of the molecule is Cc1cc([N+](=O)[O-])ccc1NC(=O)CN1C(=O)[C@@H]2[C@@H](C1=O)[C@H]1C=C[C@H]2CC1. The second kappa shape index (κ2) is 6.29. The molecule has 4 aliphatic rings. The highest BCUT2D eigenvalue weighted by Gasteiger charge is 2.56. The van der Waals surface area contributed by atoms with Crippen molar-refractivity contribution >= 4 is 29.1 Å². The van der Waals surface area contributed by atoms with Crippen molar-refractivity contribution in [2.24, 2.45) is 23.7 Å². The molecule has 1 N–H and O–H groups in total. The van der Waals surface area contributed by atoms with Gasteiger partial charge in [-0.05, 0) is 43.2 Å². The molecule has 1 aromatic rings. The fourth-order valence-electron chi connectivity index (χ4n) is 4.53. The number of nitro groups is 1. The summed E-state index contributed by atoms with van der Waals surface area (Å²) in [5, 5.41) is 13.4. The largest absolute Gasteiger partial charge is 0.324 e. The van der Waals surface area contributed by atoms with Gasteiger partial charge in [-0.1, -0.05) is 12.2 Å². The Labute approximate surface area is 155 Å². The van der Waals surface area contributed by atoms with Crippen molar-refractivity contribution < 1.29 is 19.3 Å². The van der Waals surface area contributed by atoms with Crippen molar-refractivity contribution in [2.45, 2.75) is 19.8 Å². The Morgan fingerprint density at radius 2 is 1.78 bits per heavy atom. The van der Waals surface area contributed by atoms with Gasteiger partial charge in [-0.25, -0.2) is 0 Å². The van der Waals surface area contributed by atoms with E-state index in [4.69, 9.17) is 0 Å². The molecular weight excluding hydrogens is 350 g/mol. The van der Waals surface area contributed by atoms with Gasteiger partial charge in [0.15, 0.2) is 0 Å². The number of carbonyl (C=O) groups excluding carboxylic acids is 3. The van der Waals surface area contributed by atoms with Gasteiger partial charge in [-0.3, -0.25) is 29.4 Å². The van der Waals surface area contributed by atoms with E-state index in [2.05, 4.69) is 5.32 Å². The van der Waals surface area contributed by atoms with Crippen LogP contribution < -0.4 is 5.32 Å². The van der Waals surface area contributed by atoms with Crippen LogP contribution in [0.4, 0.5) is 11.4 Å². The number of benzene rings is 1. The summed E-state index contributed by atoms with van der Waals surface area (Å²) < 4.78 is 0. The van der Waals surface area contributed by atoms with E-state index < -0.39 is 10.8 Å². The molecule has 1 aromatic carbocycles. The highest BCUT2D eigenvalue weighted by molar-refractivity contribution is 6.09. The van der Waals surface area contributed by atoms with Gasteiger partial charge in [0.2, 0.25) is 17.7 Å². The van der Waals surface area contributed by atoms with Gasteiger partial charge in [0.05, 0.1) is 16.8 Å². The molecule has 1 heterocycles. The van der Waals surface area contributed by atoms with E-state index in [9.17, 15) is 24.5 Å². The number of anilines is 1. The average Bonchev–Trinajstić information content (AvgIpc) is 2.91. The van der Waals surface area contributed by atoms with Gasteiger partial charge in [0.25, 0.3) is 5.69 Å². The summed E-state index contributed by atoms with van der Waals surface area (Å²) in [5.41, 5.74) is 0.888. The van der Waals surface area contributed by atoms with Gasteiger partial charge in [-0.2, -0.15) is 0 Å². The van der Waals surface area contributed by atoms with E-state index in [1.165, 1.54) is 18.2 Å². The quantitative estimate of drug-likeness (QED) is 0.378. The van der Waals surface area contributed by atoms with Crippen LogP contribution in [0.2, 0.25) is 0 Å². The fraction of sp³-hybridized carbons (Fsp3) is 0.421. The van der Waals surface area contributed by atoms with Gasteiger partial charge >= 0.3 is 0 Å². The number of rotatable bonds is 4. The predicted molar refractivity (Wildman–Crippen MR) is 95.5 cm³/mol. The molecule has 27 heavy (non-hydrogen) atoms. The number of hydrogen-bond donors (Lipinski definition) is 1. The van der Waals surface area contributed by atoms with Crippen molar-refractivity contribution in [3.8, 4) is 0 Å². The Bertz CT molecular complexity index is 861. The van der Waals surface area contributed by atoms with Crippen molar-refractivity contribution in [2.75, 3.05) is 11.9 Å². The molecule has 8 nitrogen and oxygen atoms in total. The molecule has 0 radical (unpaired) electrons. The van der Waals surface area contributed by atoms with E-state index in [-0.39, 0.29) is 47.7 Å². The summed E-state index contributed by atoms with van der Waals surface area (Å²) >= 11 is 0. The standard InChI is InChI=1S/C19H19N3O5/c1-10-8-13(22(26)27)6-7-14(10)20-15(23)9-21-18(24)16-11-2-3-12(5-4-11)17(16)19(21)25/h2-3,6-8,11-12,16-17H,4-5,9H2,1H3,(H,20,23)/t11-,12-,16-,17-/m0/s1. The Morgan fingerprint density at radius 3 is 2.26 bits per heavy atom. The first kappa shape index (κ1) is 17.4. The van der Waals surface area contributed by atoms with Crippen molar-refractivity contribution in [1.82, 2.24) is 4.90 Å². The number of amides is 3. The summed E-state index contributed by atoms with van der Waals surface area (Å²) in [6.45, 7) is 1.31. The molecule has 0 aromatic heterocycles. The number of nitro benzene ring substituents is 1. The minimum Gasteiger partial charge on any atom is -0.324 e. The molecule has 3 aliphatic carbocycles. The van der Waals surface area contributed by atoms with Crippen molar-refractivity contribution in [1.29, 1.82) is 0 Å². The normalized spacial score (nSPS) is 28.4. The minimum absolute atomic E-state index is 0.0672. The molecule has 3 amide bonds. The first-order valence-corrected chi connectivity index (χ1v) is 8.95. The molecule has 1 saturated carbocycles. The van der Waals surface area contributed by atoms with Crippen LogP contribution in [0, 0.1) is 40.7 Å². The van der Waals surface area contributed by atoms with Crippen LogP contribution in [0.5, 0.6) is 0 Å². The first-order valence-electron chi connectivity index (χ1n) is 8.95. The number of aryl methyl sites for hydroxylation is 1. The third-order valence-electron chi connectivity index (χ3n) is 5.85. The number of nitrogens with zero attached hydrogens (tertiary/aromatic N) is 2. The highest BCUT2D eigenvalue weighted by Crippen LogP contribution is 2.49. The molecule has 1 aliphatic heterocycles. The Kier molecular flexibility index (Phi) is 4.05. The number of imide groups is 1. The summed E-state index contributed by atoms with van der Waals surface area (Å²) in [5.74, 6) is -1.53. The van der Waals surface area contributed by atoms with Crippen LogP contribution in [-0.2, 0) is 14.4 Å². The van der Waals surface area contributed by atoms with Crippen LogP contribution in [0.3, 0.4) is 0 Å². The second-order valence-electron chi connectivity index (χ2n) is 7.41. The molecule has 0 spiro atoms. The van der Waals surface area contributed by atoms with E-state index in [1.807, 2.05) is 12.2 Å². The molecule has 4 atom stereocenters. The smallest absolute Gasteiger partial charge is 0.269 e. The van der Waals surface area contributed by atoms with E-state index in [0.29, 0.717) is 11.3 Å². The number of allylic oxidation sites excluding steroid dienone is 2. The first-order chi connectivity index (χ1) is 12.9. The van der Waals surface area contributed by atoms with Gasteiger partial charge in [0, 0.05) is 17.8 Å². The van der Waals surface area contributed by atoms with Crippen molar-refractivity contribution in [3.05, 3.63) is 46.0 Å². The zero-order valence-electron chi connectivity index (χ0n) is 14.8. The molecule has 0 unspecified atom stereocenters. The average molecular weight is 369 g/mol. The third-order valence-corrected chi connectivity index (χ3v) is 5.85. The number of carbonyl (C=O) groups is 3. The summed E-state index contributed by atoms with van der Waals surface area (Å²) in [4.78, 5) is 49.2. The summed E-state index contributed by atoms with van der Waals surface area (Å²) in [6, 6.07) is 4.11. The molecular formula is C19H19N3O5. The van der Waals surface area contributed by atoms with Gasteiger partial charge in [-0.15, -0.1) is 0 Å². The topological polar surface area (TPSA) is 110 Å². The summed E-state index contributed by atoms with van der Waals surface area (Å²) in [7, 11) is 0. The maximum Gasteiger partial charge on any atom is 0.269 e. The number of nitrogens with one attached hydrogen (secondary N) is 1. The molecule has 140 valence electrons. The third kappa shape index (κ3) is 2.81. The summed E-state index contributed by atoms with van der Waals surface area (Å²) in [6.07, 6.45) is 5.88. The van der Waals surface area contributed by atoms with E-state index >= 15 is 0 Å². The van der Waals surface area contributed by atoms with Gasteiger partial charge < -0.3 is 5.32 Å². The Balaban J connectivity index is 1.47. The molecule has 2 fully saturated rings. The lowest BCUT2D eigenvalue weighted by Gasteiger charge is -2.38. The van der Waals surface area contributed by atoms with E-state index in [0.717, 1.165) is 17.7 Å². The second-order valence-corrected chi connectivity index (χ2v) is 7.41. The molecule has 5 rings (SSSR count). The van der Waals surface area contributed by atoms with Crippen LogP contribution in [0.1, 0.15) is 18.4 Å². The lowest BCUT2D eigenvalue weighted by molar-refractivity contribution is -0.384. The lowest BCUT2D eigenvalue weighted by Crippen LogP contribution is -2.38. The lowest BCUT2D eigenvalue weighted by atomic mass is 9.63. The number of non-ortho nitro benzene ring substituents is 1. The monoisotopic (exact) mass is 369 g/mol. The van der Waals surface area contributed by atoms with E-state index in [1.54, 1.807) is 6.92 Å². The zero-order valence-corrected chi connectivity index (χ0v) is 14.8. The van der Waals surface area contributed by atoms with Crippen LogP contribution >= 0.6 is 0 Å². The van der Waals surface area contributed by atoms with Crippen molar-refractivity contribution in [3.63, 3.8) is 0 Å². The predicted octanol–water partition coefficient (Wildman–Crippen LogP) is 2.04. The number of hydrogen-bond acceptors (Lipinski definition) is 5. The number of likely N-dealkylation sites (tertiary alicyclic amines) is 1. The Morgan fingerprint density at radius 1 is 1.19 bits per heavy atom. The minimum atomic E-state index is -0.510. The van der Waals surface area contributed by atoms with Gasteiger partial charge in [0.1, 0.15) is 6.54 Å². The van der Waals surface area contributed by atoms with Crippen LogP contribution in [0.15, 0.2) is 30.4 Å². The highest BCUT2D eigenvalue weighted by atomic mass is 16.6. The van der Waals surface area contributed by atoms with Crippen LogP contribution in [-0.4, -0.2) is 34.1 Å². The molecule has 8 heteroatoms. The van der Waals surface area contributed by atoms with Crippen LogP contribution in [0.25, 0.3) is 0 Å². The Hall–Kier alpha value is -3.03. The molecule has 2 bridgehead atoms.